The van der Waals surface area contributed by atoms with Gasteiger partial charge in [-0.3, -0.25) is 4.79 Å². The maximum atomic E-state index is 12.2. The molecule has 0 saturated heterocycles. The average molecular weight is 334 g/mol. The topological polar surface area (TPSA) is 38.3 Å². The normalized spacial score (nSPS) is 12.1. The highest BCUT2D eigenvalue weighted by Crippen LogP contribution is 2.26. The summed E-state index contributed by atoms with van der Waals surface area (Å²) in [6.45, 7) is 13.0. The fraction of sp³-hybridized carbons (Fsp3) is 0.667. The number of esters is 1. The Morgan fingerprint density at radius 3 is 2.12 bits per heavy atom. The third-order valence-electron chi connectivity index (χ3n) is 5.04. The van der Waals surface area contributed by atoms with Gasteiger partial charge in [-0.05, 0) is 57.7 Å². The van der Waals surface area contributed by atoms with Gasteiger partial charge in [0.15, 0.2) is 0 Å². The zero-order valence-electron chi connectivity index (χ0n) is 16.4. The molecule has 0 aliphatic rings. The lowest BCUT2D eigenvalue weighted by molar-refractivity contribution is -0.155. The first kappa shape index (κ1) is 20.5. The van der Waals surface area contributed by atoms with E-state index >= 15 is 0 Å². The molecule has 0 atom stereocenters. The second-order valence-electron chi connectivity index (χ2n) is 7.65. The number of carbonyl (C=O) groups is 1. The Morgan fingerprint density at radius 1 is 1.04 bits per heavy atom. The Bertz CT molecular complexity index is 501. The van der Waals surface area contributed by atoms with Gasteiger partial charge in [0, 0.05) is 11.2 Å². The Balaban J connectivity index is 2.57. The Labute approximate surface area is 148 Å². The zero-order chi connectivity index (χ0) is 18.2. The summed E-state index contributed by atoms with van der Waals surface area (Å²) in [5.74, 6) is -0.109. The Hall–Kier alpha value is -1.51. The van der Waals surface area contributed by atoms with Crippen molar-refractivity contribution in [2.45, 2.75) is 85.8 Å². The summed E-state index contributed by atoms with van der Waals surface area (Å²) in [6, 6.07) is 8.19. The van der Waals surface area contributed by atoms with Crippen LogP contribution in [-0.2, 0) is 16.1 Å². The van der Waals surface area contributed by atoms with Gasteiger partial charge in [-0.25, -0.2) is 0 Å². The molecule has 0 saturated carbocycles. The first-order valence-electron chi connectivity index (χ1n) is 9.30. The quantitative estimate of drug-likeness (QED) is 0.539. The molecule has 0 radical (unpaired) electrons. The molecule has 0 aliphatic heterocycles. The van der Waals surface area contributed by atoms with E-state index in [4.69, 9.17) is 4.74 Å². The maximum absolute atomic E-state index is 12.2. The van der Waals surface area contributed by atoms with Crippen molar-refractivity contribution in [1.82, 2.24) is 0 Å². The van der Waals surface area contributed by atoms with Gasteiger partial charge in [0.2, 0.25) is 0 Å². The first-order valence-corrected chi connectivity index (χ1v) is 9.30. The van der Waals surface area contributed by atoms with Gasteiger partial charge in [0.1, 0.15) is 6.61 Å². The van der Waals surface area contributed by atoms with Crippen molar-refractivity contribution in [1.29, 1.82) is 0 Å². The molecule has 0 aromatic heterocycles. The molecule has 0 heterocycles. The smallest absolute Gasteiger partial charge is 0.311 e. The zero-order valence-corrected chi connectivity index (χ0v) is 16.4. The number of nitrogens with one attached hydrogen (secondary N) is 1. The Kier molecular flexibility index (Phi) is 7.78. The van der Waals surface area contributed by atoms with Crippen LogP contribution in [0.4, 0.5) is 5.69 Å². The average Bonchev–Trinajstić information content (AvgIpc) is 2.58. The van der Waals surface area contributed by atoms with Crippen LogP contribution in [-0.4, -0.2) is 11.5 Å². The van der Waals surface area contributed by atoms with Gasteiger partial charge in [-0.1, -0.05) is 45.7 Å². The van der Waals surface area contributed by atoms with E-state index in [2.05, 4.69) is 45.1 Å². The predicted octanol–water partition coefficient (Wildman–Crippen LogP) is 5.94. The third-order valence-corrected chi connectivity index (χ3v) is 5.04. The summed E-state index contributed by atoms with van der Waals surface area (Å²) in [5, 5.41) is 3.59. The molecule has 0 fully saturated rings. The van der Waals surface area contributed by atoms with Crippen molar-refractivity contribution in [3.63, 3.8) is 0 Å². The number of hydrogen-bond donors (Lipinski definition) is 1. The lowest BCUT2D eigenvalue weighted by atomic mass is 9.87. The van der Waals surface area contributed by atoms with E-state index in [9.17, 15) is 4.79 Å². The van der Waals surface area contributed by atoms with Gasteiger partial charge in [-0.2, -0.15) is 0 Å². The summed E-state index contributed by atoms with van der Waals surface area (Å²) in [6.07, 6.45) is 5.18. The van der Waals surface area contributed by atoms with Crippen LogP contribution in [0.2, 0.25) is 0 Å². The molecule has 0 unspecified atom stereocenters. The minimum atomic E-state index is -0.401. The van der Waals surface area contributed by atoms with Crippen LogP contribution in [0.15, 0.2) is 24.3 Å². The number of unbranched alkanes of at least 4 members (excludes halogenated alkanes) is 1. The van der Waals surface area contributed by atoms with E-state index in [1.165, 1.54) is 0 Å². The second kappa shape index (κ2) is 9.10. The van der Waals surface area contributed by atoms with E-state index in [0.29, 0.717) is 6.61 Å². The van der Waals surface area contributed by atoms with Gasteiger partial charge in [0.25, 0.3) is 0 Å². The molecule has 0 bridgehead atoms. The Morgan fingerprint density at radius 2 is 1.62 bits per heavy atom. The van der Waals surface area contributed by atoms with Crippen molar-refractivity contribution < 1.29 is 9.53 Å². The molecule has 136 valence electrons. The van der Waals surface area contributed by atoms with E-state index in [1.807, 2.05) is 26.0 Å². The number of hydrogen-bond acceptors (Lipinski definition) is 3. The molecule has 0 spiro atoms. The highest BCUT2D eigenvalue weighted by atomic mass is 16.5. The SMILES string of the molecule is CCCCC(C)(C)C(=O)OCc1ccc(NC(C)(CC)CC)cc1. The molecule has 1 aromatic rings. The fourth-order valence-corrected chi connectivity index (χ4v) is 2.52. The molecule has 24 heavy (non-hydrogen) atoms. The molecular formula is C21H35NO2. The minimum Gasteiger partial charge on any atom is -0.460 e. The fourth-order valence-electron chi connectivity index (χ4n) is 2.52. The first-order chi connectivity index (χ1) is 11.3. The van der Waals surface area contributed by atoms with Gasteiger partial charge in [0.05, 0.1) is 5.41 Å². The second-order valence-corrected chi connectivity index (χ2v) is 7.65. The van der Waals surface area contributed by atoms with Crippen molar-refractivity contribution >= 4 is 11.7 Å². The number of anilines is 1. The molecule has 0 aliphatic carbocycles. The number of rotatable bonds is 10. The molecule has 3 heteroatoms. The van der Waals surface area contributed by atoms with Crippen LogP contribution in [0.3, 0.4) is 0 Å². The van der Waals surface area contributed by atoms with Crippen molar-refractivity contribution in [2.24, 2.45) is 5.41 Å². The predicted molar refractivity (Wildman–Crippen MR) is 102 cm³/mol. The van der Waals surface area contributed by atoms with E-state index in [-0.39, 0.29) is 11.5 Å². The van der Waals surface area contributed by atoms with Crippen LogP contribution in [0.25, 0.3) is 0 Å². The molecule has 3 nitrogen and oxygen atoms in total. The molecule has 1 aromatic carbocycles. The molecular weight excluding hydrogens is 298 g/mol. The van der Waals surface area contributed by atoms with Gasteiger partial charge in [-0.15, -0.1) is 0 Å². The van der Waals surface area contributed by atoms with E-state index < -0.39 is 5.41 Å². The molecule has 1 N–H and O–H groups in total. The summed E-state index contributed by atoms with van der Waals surface area (Å²) >= 11 is 0. The summed E-state index contributed by atoms with van der Waals surface area (Å²) in [5.41, 5.74) is 1.85. The number of ether oxygens (including phenoxy) is 1. The highest BCUT2D eigenvalue weighted by molar-refractivity contribution is 5.75. The summed E-state index contributed by atoms with van der Waals surface area (Å²) < 4.78 is 5.51. The van der Waals surface area contributed by atoms with Gasteiger partial charge >= 0.3 is 5.97 Å². The summed E-state index contributed by atoms with van der Waals surface area (Å²) in [4.78, 5) is 12.2. The number of carbonyl (C=O) groups excluding carboxylic acids is 1. The number of benzene rings is 1. The van der Waals surface area contributed by atoms with Crippen molar-refractivity contribution in [2.75, 3.05) is 5.32 Å². The lowest BCUT2D eigenvalue weighted by Gasteiger charge is -2.29. The van der Waals surface area contributed by atoms with Gasteiger partial charge < -0.3 is 10.1 Å². The summed E-state index contributed by atoms with van der Waals surface area (Å²) in [7, 11) is 0. The highest BCUT2D eigenvalue weighted by Gasteiger charge is 2.28. The minimum absolute atomic E-state index is 0.109. The molecule has 1 rings (SSSR count). The third kappa shape index (κ3) is 6.18. The van der Waals surface area contributed by atoms with E-state index in [0.717, 1.165) is 43.4 Å². The van der Waals surface area contributed by atoms with Crippen LogP contribution >= 0.6 is 0 Å². The van der Waals surface area contributed by atoms with E-state index in [1.54, 1.807) is 0 Å². The van der Waals surface area contributed by atoms with Crippen molar-refractivity contribution in [3.05, 3.63) is 29.8 Å². The lowest BCUT2D eigenvalue weighted by Crippen LogP contribution is -2.32. The van der Waals surface area contributed by atoms with Crippen LogP contribution in [0.5, 0.6) is 0 Å². The van der Waals surface area contributed by atoms with Crippen LogP contribution < -0.4 is 5.32 Å². The standard InChI is InChI=1S/C21H35NO2/c1-7-10-15-20(4,5)19(23)24-16-17-11-13-18(14-12-17)22-21(6,8-2)9-3/h11-14,22H,7-10,15-16H2,1-6H3. The largest absolute Gasteiger partial charge is 0.460 e. The maximum Gasteiger partial charge on any atom is 0.311 e. The van der Waals surface area contributed by atoms with Crippen LogP contribution in [0, 0.1) is 5.41 Å². The van der Waals surface area contributed by atoms with Crippen molar-refractivity contribution in [3.8, 4) is 0 Å². The molecule has 0 amide bonds. The van der Waals surface area contributed by atoms with Crippen LogP contribution in [0.1, 0.15) is 79.2 Å². The monoisotopic (exact) mass is 333 g/mol.